The first-order valence-electron chi connectivity index (χ1n) is 5.37. The maximum Gasteiger partial charge on any atom is 0.418 e. The van der Waals surface area contributed by atoms with Crippen LogP contribution in [0.5, 0.6) is 5.75 Å². The summed E-state index contributed by atoms with van der Waals surface area (Å²) in [6.07, 6.45) is -4.43. The van der Waals surface area contributed by atoms with Crippen LogP contribution in [-0.2, 0) is 12.7 Å². The molecule has 0 amide bonds. The quantitative estimate of drug-likeness (QED) is 0.929. The number of hydrogen-bond donors (Lipinski definition) is 1. The van der Waals surface area contributed by atoms with Crippen molar-refractivity contribution in [3.63, 3.8) is 0 Å². The average Bonchev–Trinajstić information content (AvgIpc) is 2.88. The van der Waals surface area contributed by atoms with Gasteiger partial charge in [0.2, 0.25) is 0 Å². The predicted octanol–water partition coefficient (Wildman–Crippen LogP) is 3.78. The Kier molecular flexibility index (Phi) is 3.94. The smallest absolute Gasteiger partial charge is 0.418 e. The van der Waals surface area contributed by atoms with E-state index in [1.165, 1.54) is 30.6 Å². The fourth-order valence-electron chi connectivity index (χ4n) is 1.55. The van der Waals surface area contributed by atoms with Gasteiger partial charge in [0.25, 0.3) is 0 Å². The largest absolute Gasteiger partial charge is 0.497 e. The first kappa shape index (κ1) is 13.7. The van der Waals surface area contributed by atoms with Gasteiger partial charge in [0, 0.05) is 11.1 Å². The number of alkyl halides is 3. The molecule has 19 heavy (non-hydrogen) atoms. The van der Waals surface area contributed by atoms with E-state index in [4.69, 9.17) is 4.74 Å². The fraction of sp³-hybridized carbons (Fsp3) is 0.250. The van der Waals surface area contributed by atoms with Crippen LogP contribution in [0.1, 0.15) is 11.3 Å². The van der Waals surface area contributed by atoms with Gasteiger partial charge in [0.1, 0.15) is 5.75 Å². The first-order chi connectivity index (χ1) is 9.00. The minimum absolute atomic E-state index is 0.0151. The lowest BCUT2D eigenvalue weighted by Crippen LogP contribution is -2.11. The zero-order chi connectivity index (χ0) is 13.9. The number of nitrogens with one attached hydrogen (secondary N) is 1. The third-order valence-electron chi connectivity index (χ3n) is 2.48. The van der Waals surface area contributed by atoms with E-state index in [2.05, 4.69) is 10.3 Å². The zero-order valence-electron chi connectivity index (χ0n) is 9.99. The highest BCUT2D eigenvalue weighted by Crippen LogP contribution is 2.37. The molecule has 0 unspecified atom stereocenters. The van der Waals surface area contributed by atoms with Crippen LogP contribution in [0.4, 0.5) is 18.9 Å². The van der Waals surface area contributed by atoms with E-state index in [9.17, 15) is 13.2 Å². The third-order valence-corrected chi connectivity index (χ3v) is 3.11. The molecule has 0 bridgehead atoms. The van der Waals surface area contributed by atoms with Gasteiger partial charge in [0.15, 0.2) is 0 Å². The van der Waals surface area contributed by atoms with Gasteiger partial charge in [-0.1, -0.05) is 0 Å². The molecule has 0 atom stereocenters. The van der Waals surface area contributed by atoms with Crippen LogP contribution in [0.15, 0.2) is 29.1 Å². The number of aromatic nitrogens is 1. The Labute approximate surface area is 112 Å². The highest BCUT2D eigenvalue weighted by molar-refractivity contribution is 7.07. The molecule has 2 rings (SSSR count). The van der Waals surface area contributed by atoms with Gasteiger partial charge in [-0.25, -0.2) is 4.98 Å². The van der Waals surface area contributed by atoms with Crippen molar-refractivity contribution in [3.05, 3.63) is 40.3 Å². The number of benzene rings is 1. The van der Waals surface area contributed by atoms with Gasteiger partial charge in [-0.2, -0.15) is 13.2 Å². The van der Waals surface area contributed by atoms with Crippen LogP contribution >= 0.6 is 11.3 Å². The Hall–Kier alpha value is -1.76. The number of ether oxygens (including phenoxy) is 1. The highest BCUT2D eigenvalue weighted by atomic mass is 32.1. The molecule has 0 saturated heterocycles. The summed E-state index contributed by atoms with van der Waals surface area (Å²) in [7, 11) is 1.33. The first-order valence-corrected chi connectivity index (χ1v) is 6.31. The molecule has 0 spiro atoms. The lowest BCUT2D eigenvalue weighted by Gasteiger charge is -2.15. The summed E-state index contributed by atoms with van der Waals surface area (Å²) in [6, 6.07) is 3.82. The Morgan fingerprint density at radius 3 is 2.74 bits per heavy atom. The van der Waals surface area contributed by atoms with Crippen molar-refractivity contribution in [1.29, 1.82) is 0 Å². The number of anilines is 1. The van der Waals surface area contributed by atoms with E-state index in [0.29, 0.717) is 5.69 Å². The van der Waals surface area contributed by atoms with Crippen LogP contribution in [-0.4, -0.2) is 12.1 Å². The second-order valence-electron chi connectivity index (χ2n) is 3.74. The number of halogens is 3. The van der Waals surface area contributed by atoms with Gasteiger partial charge >= 0.3 is 6.18 Å². The Balaban J connectivity index is 2.23. The molecule has 0 fully saturated rings. The van der Waals surface area contributed by atoms with Crippen molar-refractivity contribution >= 4 is 17.0 Å². The standard InChI is InChI=1S/C12H11F3N2OS/c1-18-9-2-3-11(10(4-9)12(13,14)15)16-5-8-6-19-7-17-8/h2-4,6-7,16H,5H2,1H3. The van der Waals surface area contributed by atoms with Gasteiger partial charge in [-0.3, -0.25) is 0 Å². The molecular weight excluding hydrogens is 277 g/mol. The fourth-order valence-corrected chi connectivity index (χ4v) is 2.11. The predicted molar refractivity (Wildman–Crippen MR) is 67.4 cm³/mol. The normalized spacial score (nSPS) is 11.4. The minimum Gasteiger partial charge on any atom is -0.497 e. The van der Waals surface area contributed by atoms with E-state index in [1.54, 1.807) is 10.9 Å². The zero-order valence-corrected chi connectivity index (χ0v) is 10.8. The average molecular weight is 288 g/mol. The number of methoxy groups -OCH3 is 1. The van der Waals surface area contributed by atoms with Crippen molar-refractivity contribution < 1.29 is 17.9 Å². The molecule has 102 valence electrons. The third kappa shape index (κ3) is 3.37. The molecule has 1 aromatic carbocycles. The van der Waals surface area contributed by atoms with E-state index in [1.807, 2.05) is 0 Å². The number of hydrogen-bond acceptors (Lipinski definition) is 4. The SMILES string of the molecule is COc1ccc(NCc2cscn2)c(C(F)(F)F)c1. The topological polar surface area (TPSA) is 34.1 Å². The Morgan fingerprint density at radius 1 is 1.37 bits per heavy atom. The van der Waals surface area contributed by atoms with Crippen LogP contribution in [0, 0.1) is 0 Å². The summed E-state index contributed by atoms with van der Waals surface area (Å²) in [5.41, 5.74) is 1.60. The highest BCUT2D eigenvalue weighted by Gasteiger charge is 2.34. The van der Waals surface area contributed by atoms with Gasteiger partial charge in [0.05, 0.1) is 30.4 Å². The molecule has 0 radical (unpaired) electrons. The molecule has 0 saturated carbocycles. The van der Waals surface area contributed by atoms with Gasteiger partial charge in [-0.15, -0.1) is 11.3 Å². The summed E-state index contributed by atoms with van der Waals surface area (Å²) in [6.45, 7) is 0.249. The minimum atomic E-state index is -4.43. The van der Waals surface area contributed by atoms with Crippen molar-refractivity contribution in [2.45, 2.75) is 12.7 Å². The maximum absolute atomic E-state index is 12.9. The van der Waals surface area contributed by atoms with Crippen LogP contribution in [0.3, 0.4) is 0 Å². The molecular formula is C12H11F3N2OS. The number of thiazole rings is 1. The monoisotopic (exact) mass is 288 g/mol. The van der Waals surface area contributed by atoms with E-state index >= 15 is 0 Å². The molecule has 1 heterocycles. The Morgan fingerprint density at radius 2 is 2.16 bits per heavy atom. The summed E-state index contributed by atoms with van der Waals surface area (Å²) in [4.78, 5) is 4.01. The summed E-state index contributed by atoms with van der Waals surface area (Å²) >= 11 is 1.40. The Bertz CT molecular complexity index is 540. The van der Waals surface area contributed by atoms with Crippen LogP contribution in [0.2, 0.25) is 0 Å². The molecule has 0 aliphatic rings. The molecule has 7 heteroatoms. The molecule has 1 N–H and O–H groups in total. The van der Waals surface area contributed by atoms with Crippen LogP contribution < -0.4 is 10.1 Å². The van der Waals surface area contributed by atoms with E-state index in [0.717, 1.165) is 6.07 Å². The van der Waals surface area contributed by atoms with E-state index in [-0.39, 0.29) is 18.0 Å². The van der Waals surface area contributed by atoms with Crippen molar-refractivity contribution in [3.8, 4) is 5.75 Å². The molecule has 0 aliphatic carbocycles. The maximum atomic E-state index is 12.9. The van der Waals surface area contributed by atoms with Crippen molar-refractivity contribution in [1.82, 2.24) is 4.98 Å². The summed E-state index contributed by atoms with van der Waals surface area (Å²) < 4.78 is 43.6. The molecule has 0 aliphatic heterocycles. The molecule has 2 aromatic rings. The molecule has 3 nitrogen and oxygen atoms in total. The van der Waals surface area contributed by atoms with Crippen molar-refractivity contribution in [2.75, 3.05) is 12.4 Å². The summed E-state index contributed by atoms with van der Waals surface area (Å²) in [5.74, 6) is 0.173. The second kappa shape index (κ2) is 5.48. The second-order valence-corrected chi connectivity index (χ2v) is 4.46. The van der Waals surface area contributed by atoms with E-state index < -0.39 is 11.7 Å². The lowest BCUT2D eigenvalue weighted by atomic mass is 10.1. The number of rotatable bonds is 4. The lowest BCUT2D eigenvalue weighted by molar-refractivity contribution is -0.137. The van der Waals surface area contributed by atoms with Crippen LogP contribution in [0.25, 0.3) is 0 Å². The van der Waals surface area contributed by atoms with Gasteiger partial charge in [-0.05, 0) is 18.2 Å². The van der Waals surface area contributed by atoms with Crippen molar-refractivity contribution in [2.24, 2.45) is 0 Å². The number of nitrogens with zero attached hydrogens (tertiary/aromatic N) is 1. The van der Waals surface area contributed by atoms with Gasteiger partial charge < -0.3 is 10.1 Å². The molecule has 1 aromatic heterocycles. The summed E-state index contributed by atoms with van der Waals surface area (Å²) in [5, 5.41) is 4.52.